The first-order valence-electron chi connectivity index (χ1n) is 7.11. The number of benzene rings is 1. The largest absolute Gasteiger partial charge is 0.494 e. The van der Waals surface area contributed by atoms with Gasteiger partial charge in [-0.25, -0.2) is 0 Å². The molecule has 0 aromatic heterocycles. The second kappa shape index (κ2) is 10.8. The molecule has 0 heterocycles. The molecule has 4 nitrogen and oxygen atoms in total. The van der Waals surface area contributed by atoms with Crippen molar-refractivity contribution in [2.75, 3.05) is 32.8 Å². The van der Waals surface area contributed by atoms with E-state index in [1.54, 1.807) is 0 Å². The second-order valence-corrected chi connectivity index (χ2v) is 4.50. The summed E-state index contributed by atoms with van der Waals surface area (Å²) in [4.78, 5) is 0. The van der Waals surface area contributed by atoms with Gasteiger partial charge in [-0.2, -0.15) is 0 Å². The summed E-state index contributed by atoms with van der Waals surface area (Å²) in [6, 6.07) is 8.23. The molecule has 0 aliphatic heterocycles. The van der Waals surface area contributed by atoms with Crippen LogP contribution >= 0.6 is 0 Å². The van der Waals surface area contributed by atoms with Gasteiger partial charge in [0.25, 0.3) is 0 Å². The number of ether oxygens (including phenoxy) is 1. The molecule has 108 valence electrons. The predicted octanol–water partition coefficient (Wildman–Crippen LogP) is 1.54. The first kappa shape index (κ1) is 16.0. The van der Waals surface area contributed by atoms with Gasteiger partial charge < -0.3 is 20.5 Å². The van der Waals surface area contributed by atoms with Gasteiger partial charge in [0, 0.05) is 13.1 Å². The van der Waals surface area contributed by atoms with Crippen molar-refractivity contribution >= 4 is 0 Å². The Labute approximate surface area is 116 Å². The maximum atomic E-state index is 8.62. The van der Waals surface area contributed by atoms with Crippen LogP contribution in [0.25, 0.3) is 0 Å². The van der Waals surface area contributed by atoms with Crippen LogP contribution in [0.3, 0.4) is 0 Å². The number of hydrogen-bond donors (Lipinski definition) is 3. The lowest BCUT2D eigenvalue weighted by molar-refractivity contribution is 0.292. The van der Waals surface area contributed by atoms with Gasteiger partial charge in [-0.1, -0.05) is 19.1 Å². The molecule has 0 fully saturated rings. The van der Waals surface area contributed by atoms with Gasteiger partial charge in [0.2, 0.25) is 0 Å². The normalized spacial score (nSPS) is 10.6. The highest BCUT2D eigenvalue weighted by molar-refractivity contribution is 5.28. The monoisotopic (exact) mass is 266 g/mol. The van der Waals surface area contributed by atoms with E-state index in [1.165, 1.54) is 5.56 Å². The fourth-order valence-electron chi connectivity index (χ4n) is 1.74. The molecule has 3 N–H and O–H groups in total. The SMILES string of the molecule is CCCOc1cccc(CNCCCNCCO)c1. The van der Waals surface area contributed by atoms with Crippen LogP contribution in [0.15, 0.2) is 24.3 Å². The minimum Gasteiger partial charge on any atom is -0.494 e. The molecular weight excluding hydrogens is 240 g/mol. The summed E-state index contributed by atoms with van der Waals surface area (Å²) in [7, 11) is 0. The molecule has 1 rings (SSSR count). The van der Waals surface area contributed by atoms with Gasteiger partial charge in [-0.05, 0) is 43.6 Å². The van der Waals surface area contributed by atoms with E-state index < -0.39 is 0 Å². The molecule has 19 heavy (non-hydrogen) atoms. The quantitative estimate of drug-likeness (QED) is 0.532. The maximum absolute atomic E-state index is 8.62. The van der Waals surface area contributed by atoms with E-state index in [4.69, 9.17) is 9.84 Å². The van der Waals surface area contributed by atoms with Crippen molar-refractivity contribution in [1.29, 1.82) is 0 Å². The average molecular weight is 266 g/mol. The highest BCUT2D eigenvalue weighted by Gasteiger charge is 1.96. The summed E-state index contributed by atoms with van der Waals surface area (Å²) < 4.78 is 5.61. The van der Waals surface area contributed by atoms with Crippen LogP contribution in [0, 0.1) is 0 Å². The van der Waals surface area contributed by atoms with Crippen molar-refractivity contribution in [2.45, 2.75) is 26.3 Å². The van der Waals surface area contributed by atoms with Gasteiger partial charge >= 0.3 is 0 Å². The molecule has 0 radical (unpaired) electrons. The lowest BCUT2D eigenvalue weighted by Gasteiger charge is -2.08. The number of hydrogen-bond acceptors (Lipinski definition) is 4. The Morgan fingerprint density at radius 3 is 2.79 bits per heavy atom. The first-order valence-corrected chi connectivity index (χ1v) is 7.11. The Morgan fingerprint density at radius 2 is 2.00 bits per heavy atom. The summed E-state index contributed by atoms with van der Waals surface area (Å²) in [5.41, 5.74) is 1.25. The number of aliphatic hydroxyl groups excluding tert-OH is 1. The van der Waals surface area contributed by atoms with E-state index in [2.05, 4.69) is 29.7 Å². The summed E-state index contributed by atoms with van der Waals surface area (Å²) in [5.74, 6) is 0.950. The molecule has 0 atom stereocenters. The lowest BCUT2D eigenvalue weighted by Crippen LogP contribution is -2.23. The van der Waals surface area contributed by atoms with Gasteiger partial charge in [-0.15, -0.1) is 0 Å². The predicted molar refractivity (Wildman–Crippen MR) is 78.5 cm³/mol. The molecule has 0 amide bonds. The Morgan fingerprint density at radius 1 is 1.16 bits per heavy atom. The second-order valence-electron chi connectivity index (χ2n) is 4.50. The number of rotatable bonds is 11. The zero-order valence-corrected chi connectivity index (χ0v) is 11.8. The van der Waals surface area contributed by atoms with E-state index in [0.29, 0.717) is 6.54 Å². The Balaban J connectivity index is 2.14. The van der Waals surface area contributed by atoms with E-state index in [-0.39, 0.29) is 6.61 Å². The molecule has 0 bridgehead atoms. The third-order valence-electron chi connectivity index (χ3n) is 2.70. The molecular formula is C15H26N2O2. The van der Waals surface area contributed by atoms with Crippen LogP contribution < -0.4 is 15.4 Å². The summed E-state index contributed by atoms with van der Waals surface area (Å²) >= 11 is 0. The Hall–Kier alpha value is -1.10. The lowest BCUT2D eigenvalue weighted by atomic mass is 10.2. The zero-order chi connectivity index (χ0) is 13.8. The van der Waals surface area contributed by atoms with Gasteiger partial charge in [0.05, 0.1) is 13.2 Å². The first-order chi connectivity index (χ1) is 9.36. The van der Waals surface area contributed by atoms with Crippen molar-refractivity contribution < 1.29 is 9.84 Å². The summed E-state index contributed by atoms with van der Waals surface area (Å²) in [5, 5.41) is 15.2. The van der Waals surface area contributed by atoms with Crippen molar-refractivity contribution in [3.8, 4) is 5.75 Å². The standard InChI is InChI=1S/C15H26N2O2/c1-2-11-19-15-6-3-5-14(12-15)13-17-8-4-7-16-9-10-18/h3,5-6,12,16-18H,2,4,7-11,13H2,1H3. The highest BCUT2D eigenvalue weighted by atomic mass is 16.5. The molecule has 0 saturated carbocycles. The molecule has 0 unspecified atom stereocenters. The third kappa shape index (κ3) is 7.82. The maximum Gasteiger partial charge on any atom is 0.119 e. The number of nitrogens with one attached hydrogen (secondary N) is 2. The van der Waals surface area contributed by atoms with E-state index in [1.807, 2.05) is 12.1 Å². The third-order valence-corrected chi connectivity index (χ3v) is 2.70. The molecule has 1 aromatic rings. The minimum atomic E-state index is 0.206. The molecule has 4 heteroatoms. The van der Waals surface area contributed by atoms with Gasteiger partial charge in [0.1, 0.15) is 5.75 Å². The van der Waals surface area contributed by atoms with Crippen molar-refractivity contribution in [1.82, 2.24) is 10.6 Å². The van der Waals surface area contributed by atoms with Crippen LogP contribution in [0.4, 0.5) is 0 Å². The van der Waals surface area contributed by atoms with Crippen LogP contribution in [0.1, 0.15) is 25.3 Å². The number of aliphatic hydroxyl groups is 1. The molecule has 0 saturated heterocycles. The minimum absolute atomic E-state index is 0.206. The molecule has 1 aromatic carbocycles. The van der Waals surface area contributed by atoms with Crippen LogP contribution in [0.2, 0.25) is 0 Å². The molecule has 0 aliphatic rings. The zero-order valence-electron chi connectivity index (χ0n) is 11.8. The Bertz CT molecular complexity index is 332. The van der Waals surface area contributed by atoms with Crippen molar-refractivity contribution in [3.63, 3.8) is 0 Å². The smallest absolute Gasteiger partial charge is 0.119 e. The van der Waals surface area contributed by atoms with Crippen LogP contribution in [0.5, 0.6) is 5.75 Å². The molecule has 0 spiro atoms. The van der Waals surface area contributed by atoms with Crippen LogP contribution in [-0.2, 0) is 6.54 Å². The van der Waals surface area contributed by atoms with Crippen molar-refractivity contribution in [3.05, 3.63) is 29.8 Å². The average Bonchev–Trinajstić information content (AvgIpc) is 2.44. The van der Waals surface area contributed by atoms with Crippen LogP contribution in [-0.4, -0.2) is 38.0 Å². The van der Waals surface area contributed by atoms with E-state index >= 15 is 0 Å². The molecule has 0 aliphatic carbocycles. The van der Waals surface area contributed by atoms with Crippen molar-refractivity contribution in [2.24, 2.45) is 0 Å². The fraction of sp³-hybridized carbons (Fsp3) is 0.600. The topological polar surface area (TPSA) is 53.5 Å². The fourth-order valence-corrected chi connectivity index (χ4v) is 1.74. The van der Waals surface area contributed by atoms with Gasteiger partial charge in [-0.3, -0.25) is 0 Å². The summed E-state index contributed by atoms with van der Waals surface area (Å²) in [6.07, 6.45) is 2.09. The van der Waals surface area contributed by atoms with E-state index in [9.17, 15) is 0 Å². The summed E-state index contributed by atoms with van der Waals surface area (Å²) in [6.45, 7) is 6.54. The Kier molecular flexibility index (Phi) is 9.06. The van der Waals surface area contributed by atoms with Gasteiger partial charge in [0.15, 0.2) is 0 Å². The highest BCUT2D eigenvalue weighted by Crippen LogP contribution is 2.13. The van der Waals surface area contributed by atoms with E-state index in [0.717, 1.165) is 44.8 Å².